The summed E-state index contributed by atoms with van der Waals surface area (Å²) in [6.07, 6.45) is 1.89. The average molecular weight is 395 g/mol. The number of carboxylic acid groups (broad SMARTS) is 1. The van der Waals surface area contributed by atoms with Gasteiger partial charge in [0.25, 0.3) is 0 Å². The second-order valence-corrected chi connectivity index (χ2v) is 7.63. The number of methoxy groups -OCH3 is 2. The van der Waals surface area contributed by atoms with E-state index in [1.54, 1.807) is 14.2 Å². The number of ether oxygens (including phenoxy) is 2. The molecule has 1 amide bonds. The zero-order valence-electron chi connectivity index (χ0n) is 16.6. The van der Waals surface area contributed by atoms with Crippen LogP contribution in [0, 0.1) is 11.8 Å². The van der Waals surface area contributed by atoms with Gasteiger partial charge in [-0.1, -0.05) is 30.3 Å². The Morgan fingerprint density at radius 3 is 2.24 bits per heavy atom. The van der Waals surface area contributed by atoms with Crippen molar-refractivity contribution < 1.29 is 24.2 Å². The van der Waals surface area contributed by atoms with Gasteiger partial charge in [0.1, 0.15) is 0 Å². The highest BCUT2D eigenvalue weighted by molar-refractivity contribution is 5.87. The third kappa shape index (κ3) is 3.33. The minimum absolute atomic E-state index is 0.0714. The second kappa shape index (κ2) is 7.78. The van der Waals surface area contributed by atoms with Crippen molar-refractivity contribution in [1.82, 2.24) is 4.90 Å². The SMILES string of the molecule is COc1cc2c(cc1OC)C(c1ccccc1)N(C(=O)C1CCC1C(=O)O)CC2. The van der Waals surface area contributed by atoms with Crippen LogP contribution in [0.3, 0.4) is 0 Å². The molecule has 1 fully saturated rings. The van der Waals surface area contributed by atoms with E-state index >= 15 is 0 Å². The molecule has 0 bridgehead atoms. The molecule has 3 atom stereocenters. The van der Waals surface area contributed by atoms with Gasteiger partial charge in [0.2, 0.25) is 5.91 Å². The van der Waals surface area contributed by atoms with Crippen molar-refractivity contribution in [3.63, 3.8) is 0 Å². The van der Waals surface area contributed by atoms with Gasteiger partial charge >= 0.3 is 5.97 Å². The van der Waals surface area contributed by atoms with Crippen LogP contribution in [0.4, 0.5) is 0 Å². The van der Waals surface area contributed by atoms with Gasteiger partial charge in [-0.25, -0.2) is 0 Å². The lowest BCUT2D eigenvalue weighted by Gasteiger charge is -2.43. The summed E-state index contributed by atoms with van der Waals surface area (Å²) in [5, 5.41) is 9.42. The van der Waals surface area contributed by atoms with Gasteiger partial charge in [-0.2, -0.15) is 0 Å². The Labute approximate surface area is 170 Å². The molecule has 0 spiro atoms. The van der Waals surface area contributed by atoms with Crippen LogP contribution in [0.5, 0.6) is 11.5 Å². The molecule has 1 heterocycles. The molecule has 0 radical (unpaired) electrons. The van der Waals surface area contributed by atoms with Crippen molar-refractivity contribution in [2.75, 3.05) is 20.8 Å². The molecule has 6 heteroatoms. The Kier molecular flexibility index (Phi) is 5.18. The predicted molar refractivity (Wildman–Crippen MR) is 107 cm³/mol. The summed E-state index contributed by atoms with van der Waals surface area (Å²) in [5.41, 5.74) is 3.11. The smallest absolute Gasteiger partial charge is 0.307 e. The Balaban J connectivity index is 1.77. The molecule has 1 aliphatic heterocycles. The van der Waals surface area contributed by atoms with Crippen LogP contribution in [-0.4, -0.2) is 42.6 Å². The fourth-order valence-electron chi connectivity index (χ4n) is 4.48. The van der Waals surface area contributed by atoms with Crippen molar-refractivity contribution >= 4 is 11.9 Å². The Bertz CT molecular complexity index is 926. The standard InChI is InChI=1S/C23H25NO5/c1-28-19-12-15-10-11-24(22(25)16-8-9-17(16)23(26)27)21(14-6-4-3-5-7-14)18(15)13-20(19)29-2/h3-7,12-13,16-17,21H,8-11H2,1-2H3,(H,26,27). The fraction of sp³-hybridized carbons (Fsp3) is 0.391. The molecule has 2 aliphatic rings. The summed E-state index contributed by atoms with van der Waals surface area (Å²) in [6, 6.07) is 13.5. The highest BCUT2D eigenvalue weighted by Crippen LogP contribution is 2.44. The first-order valence-electron chi connectivity index (χ1n) is 9.88. The van der Waals surface area contributed by atoms with E-state index in [9.17, 15) is 14.7 Å². The lowest BCUT2D eigenvalue weighted by atomic mass is 9.72. The molecule has 1 N–H and O–H groups in total. The number of hydrogen-bond acceptors (Lipinski definition) is 4. The number of aliphatic carboxylic acids is 1. The highest BCUT2D eigenvalue weighted by Gasteiger charge is 2.45. The van der Waals surface area contributed by atoms with Gasteiger partial charge in [-0.15, -0.1) is 0 Å². The number of fused-ring (bicyclic) bond motifs is 1. The van der Waals surface area contributed by atoms with E-state index in [2.05, 4.69) is 0 Å². The normalized spacial score (nSPS) is 23.0. The van der Waals surface area contributed by atoms with E-state index in [1.165, 1.54) is 0 Å². The minimum atomic E-state index is -0.880. The molecule has 0 aromatic heterocycles. The fourth-order valence-corrected chi connectivity index (χ4v) is 4.48. The van der Waals surface area contributed by atoms with E-state index in [1.807, 2.05) is 47.4 Å². The molecule has 2 aromatic rings. The monoisotopic (exact) mass is 395 g/mol. The average Bonchev–Trinajstić information content (AvgIpc) is 2.71. The Hall–Kier alpha value is -3.02. The van der Waals surface area contributed by atoms with Crippen LogP contribution in [0.15, 0.2) is 42.5 Å². The topological polar surface area (TPSA) is 76.1 Å². The zero-order valence-corrected chi connectivity index (χ0v) is 16.6. The summed E-state index contributed by atoms with van der Waals surface area (Å²) in [7, 11) is 3.21. The van der Waals surface area contributed by atoms with Crippen molar-refractivity contribution in [3.8, 4) is 11.5 Å². The summed E-state index contributed by atoms with van der Waals surface area (Å²) in [6.45, 7) is 0.545. The van der Waals surface area contributed by atoms with E-state index in [0.29, 0.717) is 37.3 Å². The second-order valence-electron chi connectivity index (χ2n) is 7.63. The van der Waals surface area contributed by atoms with Crippen molar-refractivity contribution in [3.05, 3.63) is 59.2 Å². The maximum absolute atomic E-state index is 13.4. The zero-order chi connectivity index (χ0) is 20.5. The number of nitrogens with zero attached hydrogens (tertiary/aromatic N) is 1. The number of carbonyl (C=O) groups excluding carboxylic acids is 1. The van der Waals surface area contributed by atoms with Gasteiger partial charge in [-0.3, -0.25) is 9.59 Å². The van der Waals surface area contributed by atoms with Crippen molar-refractivity contribution in [2.45, 2.75) is 25.3 Å². The van der Waals surface area contributed by atoms with Crippen LogP contribution in [0.1, 0.15) is 35.6 Å². The third-order valence-electron chi connectivity index (χ3n) is 6.18. The van der Waals surface area contributed by atoms with Crippen LogP contribution >= 0.6 is 0 Å². The molecule has 29 heavy (non-hydrogen) atoms. The molecule has 4 rings (SSSR count). The maximum atomic E-state index is 13.4. The number of carbonyl (C=O) groups is 2. The lowest BCUT2D eigenvalue weighted by Crippen LogP contribution is -2.49. The minimum Gasteiger partial charge on any atom is -0.493 e. The molecular formula is C23H25NO5. The van der Waals surface area contributed by atoms with Crippen LogP contribution in [0.25, 0.3) is 0 Å². The van der Waals surface area contributed by atoms with Gasteiger partial charge in [0.15, 0.2) is 11.5 Å². The summed E-state index contributed by atoms with van der Waals surface area (Å²) in [5.74, 6) is -0.685. The lowest BCUT2D eigenvalue weighted by molar-refractivity contribution is -0.157. The Morgan fingerprint density at radius 1 is 1.00 bits per heavy atom. The maximum Gasteiger partial charge on any atom is 0.307 e. The molecule has 1 aliphatic carbocycles. The number of hydrogen-bond donors (Lipinski definition) is 1. The van der Waals surface area contributed by atoms with E-state index in [4.69, 9.17) is 9.47 Å². The summed E-state index contributed by atoms with van der Waals surface area (Å²) in [4.78, 5) is 26.7. The number of carboxylic acids is 1. The van der Waals surface area contributed by atoms with Crippen molar-refractivity contribution in [2.24, 2.45) is 11.8 Å². The Morgan fingerprint density at radius 2 is 1.66 bits per heavy atom. The molecule has 2 aromatic carbocycles. The van der Waals surface area contributed by atoms with Gasteiger partial charge in [-0.05, 0) is 48.1 Å². The van der Waals surface area contributed by atoms with Gasteiger partial charge < -0.3 is 19.5 Å². The largest absolute Gasteiger partial charge is 0.493 e. The number of benzene rings is 2. The van der Waals surface area contributed by atoms with E-state index in [-0.39, 0.29) is 11.9 Å². The van der Waals surface area contributed by atoms with E-state index < -0.39 is 17.8 Å². The highest BCUT2D eigenvalue weighted by atomic mass is 16.5. The molecule has 1 saturated carbocycles. The summed E-state index contributed by atoms with van der Waals surface area (Å²) < 4.78 is 11.0. The van der Waals surface area contributed by atoms with Crippen LogP contribution in [0.2, 0.25) is 0 Å². The van der Waals surface area contributed by atoms with Gasteiger partial charge in [0.05, 0.1) is 32.1 Å². The molecule has 3 unspecified atom stereocenters. The number of rotatable bonds is 5. The quantitative estimate of drug-likeness (QED) is 0.841. The van der Waals surface area contributed by atoms with E-state index in [0.717, 1.165) is 16.7 Å². The number of amides is 1. The van der Waals surface area contributed by atoms with Crippen LogP contribution in [-0.2, 0) is 16.0 Å². The van der Waals surface area contributed by atoms with Crippen molar-refractivity contribution in [1.29, 1.82) is 0 Å². The molecule has 152 valence electrons. The van der Waals surface area contributed by atoms with Gasteiger partial charge in [0, 0.05) is 6.54 Å². The third-order valence-corrected chi connectivity index (χ3v) is 6.18. The molecule has 6 nitrogen and oxygen atoms in total. The first-order chi connectivity index (χ1) is 14.0. The van der Waals surface area contributed by atoms with Crippen LogP contribution < -0.4 is 9.47 Å². The molecule has 0 saturated heterocycles. The molecular weight excluding hydrogens is 370 g/mol. The first kappa shape index (κ1) is 19.3. The summed E-state index contributed by atoms with van der Waals surface area (Å²) >= 11 is 0. The predicted octanol–water partition coefficient (Wildman–Crippen LogP) is 3.29. The first-order valence-corrected chi connectivity index (χ1v) is 9.88.